The van der Waals surface area contributed by atoms with Crippen LogP contribution >= 0.6 is 0 Å². The number of esters is 1. The molecule has 5 atom stereocenters. The van der Waals surface area contributed by atoms with Crippen LogP contribution in [0.1, 0.15) is 51.5 Å². The van der Waals surface area contributed by atoms with Crippen LogP contribution in [-0.2, 0) is 30.9 Å². The third-order valence-electron chi connectivity index (χ3n) is 9.14. The summed E-state index contributed by atoms with van der Waals surface area (Å²) in [7, 11) is -3.53. The van der Waals surface area contributed by atoms with Gasteiger partial charge in [0.25, 0.3) is 0 Å². The number of ketones is 1. The normalized spacial score (nSPS) is 37.2. The van der Waals surface area contributed by atoms with Crippen LogP contribution in [0.5, 0.6) is 5.75 Å². The maximum atomic E-state index is 12.2. The molecular weight excluding hydrogens is 440 g/mol. The largest absolute Gasteiger partial charge is 0.465 e. The monoisotopic (exact) mass is 472 g/mol. The van der Waals surface area contributed by atoms with Gasteiger partial charge in [-0.1, -0.05) is 38.1 Å². The van der Waals surface area contributed by atoms with E-state index in [-0.39, 0.29) is 23.1 Å². The predicted molar refractivity (Wildman–Crippen MR) is 123 cm³/mol. The van der Waals surface area contributed by atoms with E-state index in [9.17, 15) is 18.0 Å². The first-order chi connectivity index (χ1) is 15.4. The first-order valence-corrected chi connectivity index (χ1v) is 13.6. The van der Waals surface area contributed by atoms with Gasteiger partial charge in [0.15, 0.2) is 0 Å². The van der Waals surface area contributed by atoms with Crippen LogP contribution in [0.15, 0.2) is 36.4 Å². The molecule has 33 heavy (non-hydrogen) atoms. The van der Waals surface area contributed by atoms with Crippen LogP contribution in [0.3, 0.4) is 0 Å². The fourth-order valence-corrected chi connectivity index (χ4v) is 8.13. The number of fused-ring (bicyclic) bond motifs is 1. The van der Waals surface area contributed by atoms with Crippen molar-refractivity contribution in [3.05, 3.63) is 42.0 Å². The molecular formula is C26H32O6S. The SMILES string of the molecule is C=C1CC2COC(=O)C2(Cc2ccc(OS(C)(=O)=O)cc2)C1.CC1(C)C2CCC3CC(=O)C321. The Hall–Kier alpha value is -2.15. The molecule has 6 rings (SSSR count). The van der Waals surface area contributed by atoms with Crippen LogP contribution in [0.4, 0.5) is 0 Å². The number of benzene rings is 1. The second-order valence-electron chi connectivity index (χ2n) is 11.2. The van der Waals surface area contributed by atoms with Crippen molar-refractivity contribution in [3.8, 4) is 5.75 Å². The van der Waals surface area contributed by atoms with Crippen LogP contribution < -0.4 is 4.18 Å². The predicted octanol–water partition coefficient (Wildman–Crippen LogP) is 4.09. The summed E-state index contributed by atoms with van der Waals surface area (Å²) in [6.07, 6.45) is 6.64. The minimum atomic E-state index is -3.53. The highest BCUT2D eigenvalue weighted by Gasteiger charge is 2.83. The lowest BCUT2D eigenvalue weighted by Gasteiger charge is -2.36. The number of carbonyl (C=O) groups is 2. The van der Waals surface area contributed by atoms with E-state index in [1.54, 1.807) is 24.3 Å². The van der Waals surface area contributed by atoms with E-state index in [0.717, 1.165) is 42.1 Å². The van der Waals surface area contributed by atoms with Gasteiger partial charge in [-0.15, -0.1) is 0 Å². The number of hydrogen-bond acceptors (Lipinski definition) is 6. The number of allylic oxidation sites excluding steroid dienone is 1. The maximum absolute atomic E-state index is 12.2. The zero-order chi connectivity index (χ0) is 23.8. The van der Waals surface area contributed by atoms with Crippen LogP contribution in [0.2, 0.25) is 0 Å². The third kappa shape index (κ3) is 3.29. The highest BCUT2D eigenvalue weighted by Crippen LogP contribution is 2.84. The molecule has 0 amide bonds. The summed E-state index contributed by atoms with van der Waals surface area (Å²) in [5.74, 6) is 2.45. The molecule has 5 fully saturated rings. The summed E-state index contributed by atoms with van der Waals surface area (Å²) in [4.78, 5) is 23.7. The molecule has 0 N–H and O–H groups in total. The Morgan fingerprint density at radius 1 is 1.09 bits per heavy atom. The fraction of sp³-hybridized carbons (Fsp3) is 0.615. The lowest BCUT2D eigenvalue weighted by atomic mass is 9.65. The molecule has 0 bridgehead atoms. The molecule has 0 aromatic heterocycles. The molecule has 5 aliphatic rings. The van der Waals surface area contributed by atoms with Crippen molar-refractivity contribution in [2.45, 2.75) is 52.4 Å². The van der Waals surface area contributed by atoms with Gasteiger partial charge < -0.3 is 8.92 Å². The lowest BCUT2D eigenvalue weighted by Crippen LogP contribution is -2.41. The van der Waals surface area contributed by atoms with Crippen LogP contribution in [0, 0.1) is 34.0 Å². The molecule has 1 aliphatic heterocycles. The van der Waals surface area contributed by atoms with Gasteiger partial charge in [-0.2, -0.15) is 8.42 Å². The summed E-state index contributed by atoms with van der Waals surface area (Å²) in [6, 6.07) is 6.79. The highest BCUT2D eigenvalue weighted by atomic mass is 32.2. The van der Waals surface area contributed by atoms with Gasteiger partial charge in [0.05, 0.1) is 18.3 Å². The Balaban J connectivity index is 0.000000171. The fourth-order valence-electron chi connectivity index (χ4n) is 7.67. The lowest BCUT2D eigenvalue weighted by molar-refractivity contribution is -0.146. The summed E-state index contributed by atoms with van der Waals surface area (Å²) in [5, 5.41) is 0. The first kappa shape index (κ1) is 22.6. The number of carbonyl (C=O) groups excluding carboxylic acids is 2. The van der Waals surface area contributed by atoms with Crippen molar-refractivity contribution in [3.63, 3.8) is 0 Å². The minimum Gasteiger partial charge on any atom is -0.465 e. The molecule has 1 saturated heterocycles. The molecule has 4 saturated carbocycles. The van der Waals surface area contributed by atoms with Crippen molar-refractivity contribution in [2.24, 2.45) is 34.0 Å². The van der Waals surface area contributed by atoms with Crippen molar-refractivity contribution in [2.75, 3.05) is 12.9 Å². The van der Waals surface area contributed by atoms with E-state index in [1.165, 1.54) is 12.8 Å². The Morgan fingerprint density at radius 3 is 2.33 bits per heavy atom. The van der Waals surface area contributed by atoms with Gasteiger partial charge in [-0.25, -0.2) is 0 Å². The Morgan fingerprint density at radius 2 is 1.79 bits per heavy atom. The average Bonchev–Trinajstić information content (AvgIpc) is 2.99. The zero-order valence-corrected chi connectivity index (χ0v) is 20.4. The molecule has 178 valence electrons. The number of hydrogen-bond donors (Lipinski definition) is 0. The number of cyclic esters (lactones) is 1. The maximum Gasteiger partial charge on any atom is 0.313 e. The smallest absolute Gasteiger partial charge is 0.313 e. The number of rotatable bonds is 4. The van der Waals surface area contributed by atoms with Gasteiger partial charge in [0, 0.05) is 17.8 Å². The van der Waals surface area contributed by atoms with Crippen molar-refractivity contribution < 1.29 is 26.9 Å². The molecule has 1 spiro atoms. The van der Waals surface area contributed by atoms with E-state index in [1.807, 2.05) is 0 Å². The molecule has 1 heterocycles. The summed E-state index contributed by atoms with van der Waals surface area (Å²) >= 11 is 0. The Kier molecular flexibility index (Phi) is 4.92. The molecule has 6 nitrogen and oxygen atoms in total. The van der Waals surface area contributed by atoms with E-state index >= 15 is 0 Å². The Bertz CT molecular complexity index is 1130. The highest BCUT2D eigenvalue weighted by molar-refractivity contribution is 7.86. The van der Waals surface area contributed by atoms with Gasteiger partial charge in [-0.3, -0.25) is 9.59 Å². The molecule has 1 aromatic carbocycles. The molecule has 7 heteroatoms. The average molecular weight is 473 g/mol. The van der Waals surface area contributed by atoms with E-state index in [2.05, 4.69) is 20.4 Å². The van der Waals surface area contributed by atoms with Crippen molar-refractivity contribution in [1.29, 1.82) is 0 Å². The van der Waals surface area contributed by atoms with Crippen molar-refractivity contribution in [1.82, 2.24) is 0 Å². The second-order valence-corrected chi connectivity index (χ2v) is 12.8. The molecule has 5 unspecified atom stereocenters. The Labute approximate surface area is 195 Å². The quantitative estimate of drug-likeness (QED) is 0.373. The molecule has 1 aromatic rings. The zero-order valence-electron chi connectivity index (χ0n) is 19.6. The van der Waals surface area contributed by atoms with Gasteiger partial charge in [0.2, 0.25) is 0 Å². The summed E-state index contributed by atoms with van der Waals surface area (Å²) < 4.78 is 32.3. The topological polar surface area (TPSA) is 86.7 Å². The summed E-state index contributed by atoms with van der Waals surface area (Å²) in [5.41, 5.74) is 2.15. The number of Topliss-reactive ketones (excluding diaryl/α,β-unsaturated/α-hetero) is 1. The second kappa shape index (κ2) is 7.17. The van der Waals surface area contributed by atoms with Crippen LogP contribution in [0.25, 0.3) is 0 Å². The van der Waals surface area contributed by atoms with Gasteiger partial charge in [0.1, 0.15) is 11.5 Å². The first-order valence-electron chi connectivity index (χ1n) is 11.8. The minimum absolute atomic E-state index is 0.146. The molecule has 0 radical (unpaired) electrons. The van der Waals surface area contributed by atoms with Crippen LogP contribution in [-0.4, -0.2) is 33.0 Å². The van der Waals surface area contributed by atoms with Gasteiger partial charge in [-0.05, 0) is 67.1 Å². The summed E-state index contributed by atoms with van der Waals surface area (Å²) in [6.45, 7) is 9.04. The van der Waals surface area contributed by atoms with Crippen molar-refractivity contribution >= 4 is 21.9 Å². The van der Waals surface area contributed by atoms with E-state index in [0.29, 0.717) is 30.6 Å². The molecule has 4 aliphatic carbocycles. The van der Waals surface area contributed by atoms with E-state index in [4.69, 9.17) is 8.92 Å². The third-order valence-corrected chi connectivity index (χ3v) is 9.63. The van der Waals surface area contributed by atoms with Gasteiger partial charge >= 0.3 is 16.1 Å². The number of ether oxygens (including phenoxy) is 1. The standard InChI is InChI=1S/C16H18O5S.C10H14O/c1-11-7-13-10-20-15(17)16(13,8-11)9-12-3-5-14(6-4-12)21-22(2,18)19;1-9(2)7-4-3-6-5-8(11)10(6,7)9/h3-6,13H,1,7-10H2,2H3;6-7H,3-5H2,1-2H3. The van der Waals surface area contributed by atoms with E-state index < -0.39 is 15.5 Å².